The molecule has 0 bridgehead atoms. The van der Waals surface area contributed by atoms with Crippen LogP contribution < -0.4 is 16.0 Å². The molecule has 11 heteroatoms. The van der Waals surface area contributed by atoms with Gasteiger partial charge in [-0.1, -0.05) is 23.8 Å². The van der Waals surface area contributed by atoms with Crippen LogP contribution in [0, 0.1) is 5.92 Å². The summed E-state index contributed by atoms with van der Waals surface area (Å²) in [5, 5.41) is 10.2. The number of likely N-dealkylation sites (tertiary alicyclic amines) is 1. The molecule has 1 aliphatic carbocycles. The maximum Gasteiger partial charge on any atom is 0.280 e. The van der Waals surface area contributed by atoms with E-state index in [0.29, 0.717) is 22.3 Å². The van der Waals surface area contributed by atoms with Gasteiger partial charge in [0.2, 0.25) is 5.91 Å². The lowest BCUT2D eigenvalue weighted by Crippen LogP contribution is -2.61. The highest BCUT2D eigenvalue weighted by atomic mass is 35.5. The molecule has 34 heavy (non-hydrogen) atoms. The number of thiazole rings is 1. The Bertz CT molecular complexity index is 1130. The van der Waals surface area contributed by atoms with E-state index < -0.39 is 12.1 Å². The van der Waals surface area contributed by atoms with Crippen LogP contribution in [-0.2, 0) is 22.6 Å². The normalized spacial score (nSPS) is 28.4. The summed E-state index contributed by atoms with van der Waals surface area (Å²) in [6.45, 7) is 2.02. The Balaban J connectivity index is 1.28. The van der Waals surface area contributed by atoms with Crippen molar-refractivity contribution in [2.45, 2.75) is 37.5 Å². The van der Waals surface area contributed by atoms with Crippen LogP contribution in [0.15, 0.2) is 35.0 Å². The first-order valence-electron chi connectivity index (χ1n) is 11.3. The van der Waals surface area contributed by atoms with Gasteiger partial charge in [0.1, 0.15) is 0 Å². The Labute approximate surface area is 206 Å². The van der Waals surface area contributed by atoms with Gasteiger partial charge in [0.05, 0.1) is 29.5 Å². The summed E-state index contributed by atoms with van der Waals surface area (Å²) in [5.74, 6) is -0.657. The number of nitrogens with one attached hydrogen (secondary N) is 3. The third kappa shape index (κ3) is 4.62. The molecule has 3 amide bonds. The number of hydrogen-bond donors (Lipinski definition) is 3. The molecule has 4 heterocycles. The molecule has 4 atom stereocenters. The van der Waals surface area contributed by atoms with Gasteiger partial charge in [-0.2, -0.15) is 0 Å². The van der Waals surface area contributed by atoms with Gasteiger partial charge in [0, 0.05) is 55.4 Å². The van der Waals surface area contributed by atoms with Crippen molar-refractivity contribution in [1.29, 1.82) is 0 Å². The molecule has 1 aromatic rings. The highest BCUT2D eigenvalue weighted by Crippen LogP contribution is 2.27. The Morgan fingerprint density at radius 3 is 2.82 bits per heavy atom. The Morgan fingerprint density at radius 1 is 1.21 bits per heavy atom. The Kier molecular flexibility index (Phi) is 6.22. The van der Waals surface area contributed by atoms with E-state index in [-0.39, 0.29) is 36.1 Å². The second kappa shape index (κ2) is 9.16. The van der Waals surface area contributed by atoms with Crippen LogP contribution >= 0.6 is 22.9 Å². The predicted molar refractivity (Wildman–Crippen MR) is 129 cm³/mol. The lowest BCUT2D eigenvalue weighted by Gasteiger charge is -2.37. The van der Waals surface area contributed by atoms with Crippen LogP contribution in [0.2, 0.25) is 0 Å². The van der Waals surface area contributed by atoms with Crippen LogP contribution in [0.1, 0.15) is 26.8 Å². The molecule has 0 spiro atoms. The summed E-state index contributed by atoms with van der Waals surface area (Å²) in [5.41, 5.74) is 1.42. The van der Waals surface area contributed by atoms with E-state index in [0.717, 1.165) is 30.1 Å². The zero-order chi connectivity index (χ0) is 24.0. The number of nitrogens with zero attached hydrogens (tertiary/aromatic N) is 3. The first-order chi connectivity index (χ1) is 16.3. The lowest BCUT2D eigenvalue weighted by molar-refractivity contribution is -0.134. The number of hydrogen-bond acceptors (Lipinski definition) is 7. The maximum absolute atomic E-state index is 13.0. The number of carbonyl (C=O) groups excluding carboxylic acids is 3. The summed E-state index contributed by atoms with van der Waals surface area (Å²) in [4.78, 5) is 47.9. The molecular weight excluding hydrogens is 476 g/mol. The minimum absolute atomic E-state index is 0.00264. The number of piperidine rings is 1. The number of likely N-dealkylation sites (N-methyl/N-ethyl adjacent to an activating group) is 2. The summed E-state index contributed by atoms with van der Waals surface area (Å²) in [7, 11) is 3.75. The number of halogens is 1. The quantitative estimate of drug-likeness (QED) is 0.561. The molecule has 1 aromatic heterocycles. The molecule has 180 valence electrons. The first kappa shape index (κ1) is 23.1. The maximum atomic E-state index is 13.0. The summed E-state index contributed by atoms with van der Waals surface area (Å²) in [6.07, 6.45) is 8.41. The minimum atomic E-state index is -0.527. The van der Waals surface area contributed by atoms with Crippen LogP contribution in [0.5, 0.6) is 0 Å². The number of rotatable bonds is 4. The van der Waals surface area contributed by atoms with Crippen molar-refractivity contribution < 1.29 is 14.4 Å². The Hall–Kier alpha value is -2.69. The van der Waals surface area contributed by atoms with Gasteiger partial charge in [0.25, 0.3) is 11.8 Å². The van der Waals surface area contributed by atoms with Gasteiger partial charge in [-0.15, -0.1) is 11.3 Å². The molecule has 3 N–H and O–H groups in total. The number of allylic oxidation sites excluding steroid dienone is 2. The van der Waals surface area contributed by atoms with Crippen molar-refractivity contribution >= 4 is 40.7 Å². The number of fused-ring (bicyclic) bond motifs is 2. The van der Waals surface area contributed by atoms with Gasteiger partial charge in [-0.3, -0.25) is 14.4 Å². The average molecular weight is 503 g/mol. The molecule has 2 unspecified atom stereocenters. The Morgan fingerprint density at radius 2 is 2.00 bits per heavy atom. The fourth-order valence-electron chi connectivity index (χ4n) is 4.73. The van der Waals surface area contributed by atoms with Gasteiger partial charge in [0.15, 0.2) is 5.01 Å². The minimum Gasteiger partial charge on any atom is -0.374 e. The molecule has 1 saturated heterocycles. The van der Waals surface area contributed by atoms with Crippen molar-refractivity contribution in [2.24, 2.45) is 5.92 Å². The number of carbonyl (C=O) groups is 3. The molecule has 9 nitrogen and oxygen atoms in total. The van der Waals surface area contributed by atoms with E-state index >= 15 is 0 Å². The van der Waals surface area contributed by atoms with Gasteiger partial charge < -0.3 is 25.8 Å². The van der Waals surface area contributed by atoms with Gasteiger partial charge >= 0.3 is 0 Å². The topological polar surface area (TPSA) is 107 Å². The second-order valence-corrected chi connectivity index (χ2v) is 10.8. The highest BCUT2D eigenvalue weighted by Gasteiger charge is 2.37. The van der Waals surface area contributed by atoms with E-state index in [9.17, 15) is 14.4 Å². The van der Waals surface area contributed by atoms with Crippen LogP contribution in [0.25, 0.3) is 0 Å². The van der Waals surface area contributed by atoms with E-state index in [4.69, 9.17) is 11.6 Å². The molecule has 3 aliphatic heterocycles. The lowest BCUT2D eigenvalue weighted by atomic mass is 9.97. The fraction of sp³-hybridized carbons (Fsp3) is 0.478. The van der Waals surface area contributed by atoms with E-state index in [1.54, 1.807) is 18.0 Å². The monoisotopic (exact) mass is 502 g/mol. The van der Waals surface area contributed by atoms with Crippen molar-refractivity contribution in [3.63, 3.8) is 0 Å². The molecule has 5 rings (SSSR count). The summed E-state index contributed by atoms with van der Waals surface area (Å²) < 4.78 is 0. The van der Waals surface area contributed by atoms with Crippen molar-refractivity contribution in [3.05, 3.63) is 50.6 Å². The fourth-order valence-corrected chi connectivity index (χ4v) is 6.04. The van der Waals surface area contributed by atoms with E-state index in [1.807, 2.05) is 18.2 Å². The number of amides is 3. The van der Waals surface area contributed by atoms with Crippen molar-refractivity contribution in [1.82, 2.24) is 30.7 Å². The zero-order valence-electron chi connectivity index (χ0n) is 19.0. The van der Waals surface area contributed by atoms with Crippen LogP contribution in [0.4, 0.5) is 0 Å². The predicted octanol–water partition coefficient (Wildman–Crippen LogP) is 0.741. The molecule has 4 aliphatic rings. The molecule has 0 saturated carbocycles. The van der Waals surface area contributed by atoms with E-state index in [2.05, 4.69) is 32.9 Å². The molecule has 0 radical (unpaired) electrons. The summed E-state index contributed by atoms with van der Waals surface area (Å²) >= 11 is 7.49. The average Bonchev–Trinajstić information content (AvgIpc) is 3.40. The highest BCUT2D eigenvalue weighted by molar-refractivity contribution is 7.13. The third-order valence-corrected chi connectivity index (χ3v) is 8.01. The standard InChI is InChI=1S/C23H27ClN6O3S/c1-29-6-5-15-19(11-29)34-23(28-15)22(33)27-18-10-30(2)20(31)9-16(18)26-21(32)17-8-12-7-13(24)3-4-14(12)25-17/h3-4,7-8,12,14,16,18,25H,5-6,9-11H2,1-2H3,(H,26,32)(H,27,33)/t12?,14?,16-,18+/m1/s1. The largest absolute Gasteiger partial charge is 0.374 e. The van der Waals surface area contributed by atoms with Crippen molar-refractivity contribution in [2.75, 3.05) is 27.2 Å². The SMILES string of the molecule is CN1CCc2nc(C(=O)N[C@H]3CN(C)C(=O)C[C@H]3NC(=O)C3=CC4C=C(Cl)C=CC4N3)sc2C1. The molecule has 1 fully saturated rings. The second-order valence-electron chi connectivity index (χ2n) is 9.25. The smallest absolute Gasteiger partial charge is 0.280 e. The molecular formula is C23H27ClN6O3S. The summed E-state index contributed by atoms with van der Waals surface area (Å²) in [6, 6.07) is -0.977. The molecule has 0 aromatic carbocycles. The van der Waals surface area contributed by atoms with Crippen LogP contribution in [0.3, 0.4) is 0 Å². The van der Waals surface area contributed by atoms with E-state index in [1.165, 1.54) is 11.3 Å². The van der Waals surface area contributed by atoms with Crippen molar-refractivity contribution in [3.8, 4) is 0 Å². The zero-order valence-corrected chi connectivity index (χ0v) is 20.6. The first-order valence-corrected chi connectivity index (χ1v) is 12.5. The van der Waals surface area contributed by atoms with Gasteiger partial charge in [-0.25, -0.2) is 4.98 Å². The number of aromatic nitrogens is 1. The van der Waals surface area contributed by atoms with Gasteiger partial charge in [-0.05, 0) is 19.2 Å². The van der Waals surface area contributed by atoms with Crippen LogP contribution in [-0.4, -0.2) is 77.8 Å². The third-order valence-electron chi connectivity index (χ3n) is 6.68.